The standard InChI is InChI=1S/C15H19BrN2OS/c1-9(2)15-18-12(8-20-15)7-19-14-6-11(16)4-5-13(14)10(3)17/h4-6,8-10H,7,17H2,1-3H3/t10-/m0/s1. The van der Waals surface area contributed by atoms with Gasteiger partial charge in [-0.2, -0.15) is 0 Å². The van der Waals surface area contributed by atoms with Crippen molar-refractivity contribution < 1.29 is 4.74 Å². The van der Waals surface area contributed by atoms with Crippen LogP contribution in [0, 0.1) is 0 Å². The molecule has 0 amide bonds. The molecule has 5 heteroatoms. The Morgan fingerprint density at radius 2 is 2.10 bits per heavy atom. The fourth-order valence-electron chi connectivity index (χ4n) is 1.82. The highest BCUT2D eigenvalue weighted by molar-refractivity contribution is 9.10. The van der Waals surface area contributed by atoms with Crippen LogP contribution in [-0.4, -0.2) is 4.98 Å². The zero-order valence-electron chi connectivity index (χ0n) is 11.9. The predicted octanol–water partition coefficient (Wildman–Crippen LogP) is 4.63. The van der Waals surface area contributed by atoms with Gasteiger partial charge in [0.05, 0.1) is 10.7 Å². The molecule has 1 heterocycles. The summed E-state index contributed by atoms with van der Waals surface area (Å²) in [7, 11) is 0. The molecule has 0 saturated heterocycles. The Bertz CT molecular complexity index is 581. The zero-order valence-corrected chi connectivity index (χ0v) is 14.3. The topological polar surface area (TPSA) is 48.1 Å². The first-order chi connectivity index (χ1) is 9.47. The SMILES string of the molecule is CC(C)c1nc(COc2cc(Br)ccc2[C@H](C)N)cs1. The summed E-state index contributed by atoms with van der Waals surface area (Å²) in [4.78, 5) is 4.57. The van der Waals surface area contributed by atoms with Crippen LogP contribution >= 0.6 is 27.3 Å². The first-order valence-corrected chi connectivity index (χ1v) is 8.26. The van der Waals surface area contributed by atoms with E-state index >= 15 is 0 Å². The summed E-state index contributed by atoms with van der Waals surface area (Å²) in [6, 6.07) is 5.87. The van der Waals surface area contributed by atoms with Crippen LogP contribution in [0.2, 0.25) is 0 Å². The Balaban J connectivity index is 2.11. The van der Waals surface area contributed by atoms with Crippen molar-refractivity contribution in [3.63, 3.8) is 0 Å². The highest BCUT2D eigenvalue weighted by Gasteiger charge is 2.11. The molecule has 3 nitrogen and oxygen atoms in total. The molecule has 0 aliphatic carbocycles. The van der Waals surface area contributed by atoms with E-state index in [0.29, 0.717) is 12.5 Å². The summed E-state index contributed by atoms with van der Waals surface area (Å²) < 4.78 is 6.88. The number of hydrogen-bond donors (Lipinski definition) is 1. The Labute approximate surface area is 132 Å². The van der Waals surface area contributed by atoms with Gasteiger partial charge in [-0.25, -0.2) is 4.98 Å². The lowest BCUT2D eigenvalue weighted by molar-refractivity contribution is 0.297. The van der Waals surface area contributed by atoms with E-state index in [0.717, 1.165) is 26.5 Å². The molecule has 2 N–H and O–H groups in total. The molecular weight excluding hydrogens is 336 g/mol. The average molecular weight is 355 g/mol. The maximum Gasteiger partial charge on any atom is 0.131 e. The van der Waals surface area contributed by atoms with Gasteiger partial charge in [-0.3, -0.25) is 0 Å². The molecule has 0 bridgehead atoms. The molecule has 0 aliphatic heterocycles. The van der Waals surface area contributed by atoms with Gasteiger partial charge >= 0.3 is 0 Å². The summed E-state index contributed by atoms with van der Waals surface area (Å²) in [5.41, 5.74) is 7.94. The van der Waals surface area contributed by atoms with E-state index in [2.05, 4.69) is 40.1 Å². The van der Waals surface area contributed by atoms with Crippen LogP contribution in [0.5, 0.6) is 5.75 Å². The van der Waals surface area contributed by atoms with E-state index in [1.54, 1.807) is 11.3 Å². The van der Waals surface area contributed by atoms with Crippen molar-refractivity contribution in [2.24, 2.45) is 5.73 Å². The smallest absolute Gasteiger partial charge is 0.131 e. The third-order valence-corrected chi connectivity index (χ3v) is 4.59. The molecule has 2 aromatic rings. The number of rotatable bonds is 5. The van der Waals surface area contributed by atoms with Crippen molar-refractivity contribution in [1.29, 1.82) is 0 Å². The molecule has 1 aromatic heterocycles. The summed E-state index contributed by atoms with van der Waals surface area (Å²) in [6.07, 6.45) is 0. The highest BCUT2D eigenvalue weighted by Crippen LogP contribution is 2.28. The van der Waals surface area contributed by atoms with E-state index in [1.807, 2.05) is 25.1 Å². The number of nitrogens with two attached hydrogens (primary N) is 1. The number of benzene rings is 1. The summed E-state index contributed by atoms with van der Waals surface area (Å²) in [5.74, 6) is 1.27. The van der Waals surface area contributed by atoms with Gasteiger partial charge in [-0.05, 0) is 19.1 Å². The molecule has 2 rings (SSSR count). The van der Waals surface area contributed by atoms with Gasteiger partial charge in [0.25, 0.3) is 0 Å². The van der Waals surface area contributed by atoms with Crippen LogP contribution in [0.15, 0.2) is 28.1 Å². The molecule has 0 saturated carbocycles. The second kappa shape index (κ2) is 6.70. The molecule has 0 radical (unpaired) electrons. The van der Waals surface area contributed by atoms with Gasteiger partial charge in [0.1, 0.15) is 12.4 Å². The molecule has 0 fully saturated rings. The fraction of sp³-hybridized carbons (Fsp3) is 0.400. The largest absolute Gasteiger partial charge is 0.487 e. The van der Waals surface area contributed by atoms with Crippen molar-refractivity contribution in [2.75, 3.05) is 0 Å². The molecule has 0 aliphatic rings. The fourth-order valence-corrected chi connectivity index (χ4v) is 2.97. The summed E-state index contributed by atoms with van der Waals surface area (Å²) in [5, 5.41) is 3.20. The van der Waals surface area contributed by atoms with E-state index in [4.69, 9.17) is 10.5 Å². The van der Waals surface area contributed by atoms with Gasteiger partial charge in [-0.15, -0.1) is 11.3 Å². The highest BCUT2D eigenvalue weighted by atomic mass is 79.9. The van der Waals surface area contributed by atoms with Crippen molar-refractivity contribution in [3.8, 4) is 5.75 Å². The van der Waals surface area contributed by atoms with Gasteiger partial charge in [-0.1, -0.05) is 35.8 Å². The molecule has 1 atom stereocenters. The van der Waals surface area contributed by atoms with Crippen molar-refractivity contribution >= 4 is 27.3 Å². The van der Waals surface area contributed by atoms with Crippen LogP contribution in [0.3, 0.4) is 0 Å². The quantitative estimate of drug-likeness (QED) is 0.851. The predicted molar refractivity (Wildman–Crippen MR) is 87.3 cm³/mol. The van der Waals surface area contributed by atoms with E-state index in [1.165, 1.54) is 0 Å². The Kier molecular flexibility index (Phi) is 5.18. The molecule has 108 valence electrons. The Morgan fingerprint density at radius 3 is 2.70 bits per heavy atom. The van der Waals surface area contributed by atoms with Crippen LogP contribution in [0.1, 0.15) is 49.0 Å². The van der Waals surface area contributed by atoms with Gasteiger partial charge in [0.15, 0.2) is 0 Å². The molecule has 0 unspecified atom stereocenters. The first kappa shape index (κ1) is 15.5. The van der Waals surface area contributed by atoms with Crippen LogP contribution in [0.25, 0.3) is 0 Å². The van der Waals surface area contributed by atoms with Crippen molar-refractivity contribution in [3.05, 3.63) is 44.3 Å². The number of thiazole rings is 1. The second-order valence-electron chi connectivity index (χ2n) is 5.09. The van der Waals surface area contributed by atoms with E-state index in [-0.39, 0.29) is 6.04 Å². The minimum absolute atomic E-state index is 0.0558. The lowest BCUT2D eigenvalue weighted by Crippen LogP contribution is -2.08. The average Bonchev–Trinajstić information content (AvgIpc) is 2.85. The lowest BCUT2D eigenvalue weighted by Gasteiger charge is -2.13. The minimum atomic E-state index is -0.0558. The normalized spacial score (nSPS) is 12.7. The molecule has 0 spiro atoms. The minimum Gasteiger partial charge on any atom is -0.487 e. The third-order valence-electron chi connectivity index (χ3n) is 2.91. The maximum atomic E-state index is 5.97. The number of hydrogen-bond acceptors (Lipinski definition) is 4. The van der Waals surface area contributed by atoms with Crippen LogP contribution in [0.4, 0.5) is 0 Å². The van der Waals surface area contributed by atoms with Gasteiger partial charge in [0, 0.05) is 27.4 Å². The van der Waals surface area contributed by atoms with Crippen molar-refractivity contribution in [1.82, 2.24) is 4.98 Å². The van der Waals surface area contributed by atoms with Crippen LogP contribution in [-0.2, 0) is 6.61 Å². The van der Waals surface area contributed by atoms with Crippen molar-refractivity contribution in [2.45, 2.75) is 39.3 Å². The molecular formula is C15H19BrN2OS. The number of ether oxygens (including phenoxy) is 1. The van der Waals surface area contributed by atoms with E-state index < -0.39 is 0 Å². The number of aromatic nitrogens is 1. The van der Waals surface area contributed by atoms with E-state index in [9.17, 15) is 0 Å². The molecule has 1 aromatic carbocycles. The zero-order chi connectivity index (χ0) is 14.7. The third kappa shape index (κ3) is 3.81. The Hall–Kier alpha value is -0.910. The summed E-state index contributed by atoms with van der Waals surface area (Å²) in [6.45, 7) is 6.72. The maximum absolute atomic E-state index is 5.97. The number of nitrogens with zero attached hydrogens (tertiary/aromatic N) is 1. The lowest BCUT2D eigenvalue weighted by atomic mass is 10.1. The first-order valence-electron chi connectivity index (χ1n) is 6.59. The van der Waals surface area contributed by atoms with Gasteiger partial charge < -0.3 is 10.5 Å². The second-order valence-corrected chi connectivity index (χ2v) is 6.90. The monoisotopic (exact) mass is 354 g/mol. The Morgan fingerprint density at radius 1 is 1.35 bits per heavy atom. The molecule has 20 heavy (non-hydrogen) atoms. The number of halogens is 1. The van der Waals surface area contributed by atoms with Crippen LogP contribution < -0.4 is 10.5 Å². The summed E-state index contributed by atoms with van der Waals surface area (Å²) >= 11 is 5.14. The van der Waals surface area contributed by atoms with Gasteiger partial charge in [0.2, 0.25) is 0 Å².